The highest BCUT2D eigenvalue weighted by molar-refractivity contribution is 5.67. The zero-order valence-corrected chi connectivity index (χ0v) is 27.8. The molecular formula is C40H42F6O2. The Morgan fingerprint density at radius 3 is 1.35 bits per heavy atom. The van der Waals surface area contributed by atoms with Crippen LogP contribution in [0.2, 0.25) is 0 Å². The average molecular weight is 669 g/mol. The van der Waals surface area contributed by atoms with E-state index in [1.807, 2.05) is 12.1 Å². The second kappa shape index (κ2) is 15.5. The molecule has 4 aromatic carbocycles. The van der Waals surface area contributed by atoms with Crippen LogP contribution in [0.4, 0.5) is 26.3 Å². The Bertz CT molecular complexity index is 1700. The van der Waals surface area contributed by atoms with Crippen LogP contribution < -0.4 is 9.47 Å². The van der Waals surface area contributed by atoms with Crippen LogP contribution in [0.1, 0.15) is 88.2 Å². The van der Waals surface area contributed by atoms with Gasteiger partial charge >= 0.3 is 0 Å². The molecule has 0 saturated heterocycles. The molecule has 2 aliphatic rings. The van der Waals surface area contributed by atoms with Gasteiger partial charge in [0.1, 0.15) is 0 Å². The first kappa shape index (κ1) is 35.4. The molecule has 0 heterocycles. The maximum Gasteiger partial charge on any atom is 0.201 e. The summed E-state index contributed by atoms with van der Waals surface area (Å²) in [5, 5.41) is 0. The topological polar surface area (TPSA) is 18.5 Å². The smallest absolute Gasteiger partial charge is 0.201 e. The highest BCUT2D eigenvalue weighted by Crippen LogP contribution is 2.40. The fraction of sp³-hybridized carbons (Fsp3) is 0.400. The first-order valence-corrected chi connectivity index (χ1v) is 16.7. The Morgan fingerprint density at radius 2 is 0.854 bits per heavy atom. The Kier molecular flexibility index (Phi) is 11.4. The van der Waals surface area contributed by atoms with Crippen LogP contribution in [0.15, 0.2) is 60.7 Å². The molecule has 48 heavy (non-hydrogen) atoms. The average Bonchev–Trinajstić information content (AvgIpc) is 3.10. The highest BCUT2D eigenvalue weighted by Gasteiger charge is 2.27. The number of hydrogen-bond acceptors (Lipinski definition) is 2. The minimum atomic E-state index is -1.25. The van der Waals surface area contributed by atoms with Gasteiger partial charge in [0.2, 0.25) is 11.6 Å². The zero-order chi connectivity index (χ0) is 34.5. The van der Waals surface area contributed by atoms with Gasteiger partial charge in [0.25, 0.3) is 0 Å². The first-order valence-electron chi connectivity index (χ1n) is 16.7. The molecule has 8 heteroatoms. The van der Waals surface area contributed by atoms with Gasteiger partial charge in [0.15, 0.2) is 34.8 Å². The van der Waals surface area contributed by atoms with Crippen molar-refractivity contribution in [2.24, 2.45) is 11.8 Å². The van der Waals surface area contributed by atoms with E-state index in [4.69, 9.17) is 9.47 Å². The number of methoxy groups -OCH3 is 2. The summed E-state index contributed by atoms with van der Waals surface area (Å²) in [6, 6.07) is 16.1. The van der Waals surface area contributed by atoms with Crippen molar-refractivity contribution in [3.63, 3.8) is 0 Å². The molecule has 0 aromatic heterocycles. The molecule has 2 aliphatic carbocycles. The molecule has 0 spiro atoms. The van der Waals surface area contributed by atoms with Crippen molar-refractivity contribution >= 4 is 0 Å². The van der Waals surface area contributed by atoms with Crippen molar-refractivity contribution in [2.75, 3.05) is 14.2 Å². The van der Waals surface area contributed by atoms with E-state index in [0.717, 1.165) is 31.6 Å². The van der Waals surface area contributed by atoms with Crippen molar-refractivity contribution in [1.29, 1.82) is 0 Å². The number of halogens is 6. The molecule has 0 atom stereocenters. The molecule has 6 rings (SSSR count). The Labute approximate surface area is 279 Å². The molecule has 4 aromatic rings. The van der Waals surface area contributed by atoms with E-state index in [2.05, 4.69) is 26.0 Å². The normalized spacial score (nSPS) is 20.9. The van der Waals surface area contributed by atoms with Crippen molar-refractivity contribution in [1.82, 2.24) is 0 Å². The lowest BCUT2D eigenvalue weighted by molar-refractivity contribution is 0.339. The third kappa shape index (κ3) is 7.53. The van der Waals surface area contributed by atoms with Crippen LogP contribution in [0.25, 0.3) is 22.3 Å². The number of ether oxygens (including phenoxy) is 2. The van der Waals surface area contributed by atoms with Crippen molar-refractivity contribution in [3.8, 4) is 33.8 Å². The standard InChI is InChI=1S/C20H20F4O.C20H22F2O/c1-11-3-5-12(6-4-11)13-7-8-14(18(22)17(13)21)15-9-10-16(25-2)20(24)19(15)23;1-13-3-5-14(6-4-13)15-7-9-16(10-8-15)17-11-12-18(23-2)20(22)19(17)21/h7-12H,3-6H2,1-2H3;7-14H,3-6H2,1-2H3. The second-order valence-electron chi connectivity index (χ2n) is 13.3. The summed E-state index contributed by atoms with van der Waals surface area (Å²) in [4.78, 5) is 0. The third-order valence-electron chi connectivity index (χ3n) is 10.1. The van der Waals surface area contributed by atoms with Crippen LogP contribution in [0, 0.1) is 46.7 Å². The van der Waals surface area contributed by atoms with E-state index >= 15 is 0 Å². The van der Waals surface area contributed by atoms with E-state index in [9.17, 15) is 26.3 Å². The summed E-state index contributed by atoms with van der Waals surface area (Å²) in [6.45, 7) is 4.46. The Morgan fingerprint density at radius 1 is 0.438 bits per heavy atom. The number of hydrogen-bond donors (Lipinski definition) is 0. The fourth-order valence-electron chi connectivity index (χ4n) is 7.00. The van der Waals surface area contributed by atoms with Gasteiger partial charge in [-0.3, -0.25) is 0 Å². The van der Waals surface area contributed by atoms with Gasteiger partial charge in [-0.1, -0.05) is 75.9 Å². The van der Waals surface area contributed by atoms with Crippen molar-refractivity contribution in [3.05, 3.63) is 107 Å². The SMILES string of the molecule is COc1ccc(-c2ccc(C3CCC(C)CC3)c(F)c2F)c(F)c1F.COc1ccc(-c2ccc(C3CCC(C)CC3)cc2)c(F)c1F. The van der Waals surface area contributed by atoms with Crippen molar-refractivity contribution < 1.29 is 35.8 Å². The third-order valence-corrected chi connectivity index (χ3v) is 10.1. The van der Waals surface area contributed by atoms with E-state index in [1.54, 1.807) is 6.07 Å². The predicted molar refractivity (Wildman–Crippen MR) is 177 cm³/mol. The van der Waals surface area contributed by atoms with E-state index in [-0.39, 0.29) is 34.1 Å². The molecule has 2 fully saturated rings. The van der Waals surface area contributed by atoms with Crippen LogP contribution >= 0.6 is 0 Å². The van der Waals surface area contributed by atoms with Gasteiger partial charge < -0.3 is 9.47 Å². The fourth-order valence-corrected chi connectivity index (χ4v) is 7.00. The molecule has 0 aliphatic heterocycles. The van der Waals surface area contributed by atoms with E-state index in [0.29, 0.717) is 23.0 Å². The van der Waals surface area contributed by atoms with Crippen LogP contribution in [-0.4, -0.2) is 14.2 Å². The van der Waals surface area contributed by atoms with Crippen LogP contribution in [0.3, 0.4) is 0 Å². The van der Waals surface area contributed by atoms with Gasteiger partial charge in [0, 0.05) is 16.7 Å². The molecule has 0 N–H and O–H groups in total. The van der Waals surface area contributed by atoms with E-state index < -0.39 is 34.9 Å². The highest BCUT2D eigenvalue weighted by atomic mass is 19.2. The predicted octanol–water partition coefficient (Wildman–Crippen LogP) is 12.1. The van der Waals surface area contributed by atoms with Gasteiger partial charge in [-0.25, -0.2) is 17.6 Å². The van der Waals surface area contributed by atoms with Crippen LogP contribution in [-0.2, 0) is 0 Å². The van der Waals surface area contributed by atoms with Crippen LogP contribution in [0.5, 0.6) is 11.5 Å². The van der Waals surface area contributed by atoms with Gasteiger partial charge in [-0.15, -0.1) is 0 Å². The lowest BCUT2D eigenvalue weighted by Crippen LogP contribution is -2.13. The monoisotopic (exact) mass is 668 g/mol. The van der Waals surface area contributed by atoms with E-state index in [1.165, 1.54) is 75.8 Å². The lowest BCUT2D eigenvalue weighted by Gasteiger charge is -2.27. The molecule has 0 radical (unpaired) electrons. The maximum atomic E-state index is 14.6. The molecule has 0 amide bonds. The van der Waals surface area contributed by atoms with Gasteiger partial charge in [-0.2, -0.15) is 8.78 Å². The number of benzene rings is 4. The maximum absolute atomic E-state index is 14.6. The minimum absolute atomic E-state index is 0.0304. The molecule has 0 bridgehead atoms. The molecule has 2 nitrogen and oxygen atoms in total. The lowest BCUT2D eigenvalue weighted by atomic mass is 9.79. The zero-order valence-electron chi connectivity index (χ0n) is 27.8. The summed E-state index contributed by atoms with van der Waals surface area (Å²) in [7, 11) is 2.54. The van der Waals surface area contributed by atoms with Gasteiger partial charge in [-0.05, 0) is 90.3 Å². The Balaban J connectivity index is 0.000000188. The largest absolute Gasteiger partial charge is 0.494 e. The second-order valence-corrected chi connectivity index (χ2v) is 13.3. The number of rotatable bonds is 6. The summed E-state index contributed by atoms with van der Waals surface area (Å²) in [6.07, 6.45) is 8.54. The van der Waals surface area contributed by atoms with Gasteiger partial charge in [0.05, 0.1) is 14.2 Å². The summed E-state index contributed by atoms with van der Waals surface area (Å²) in [5.41, 5.74) is 1.98. The molecule has 256 valence electrons. The van der Waals surface area contributed by atoms with Crippen molar-refractivity contribution in [2.45, 2.75) is 77.0 Å². The summed E-state index contributed by atoms with van der Waals surface area (Å²) >= 11 is 0. The first-order chi connectivity index (χ1) is 23.0. The minimum Gasteiger partial charge on any atom is -0.494 e. The summed E-state index contributed by atoms with van der Waals surface area (Å²) < 4.78 is 94.8. The molecular weight excluding hydrogens is 626 g/mol. The Hall–Kier alpha value is -3.94. The quantitative estimate of drug-likeness (QED) is 0.190. The molecule has 0 unspecified atom stereocenters. The molecule has 2 saturated carbocycles. The summed E-state index contributed by atoms with van der Waals surface area (Å²) in [5.74, 6) is -4.74.